The van der Waals surface area contributed by atoms with Crippen LogP contribution in [0.4, 0.5) is 19.0 Å². The SMILES string of the molecule is O=S(=O)(NCCCNc1cc(-c2ccccc2O)nc2c(Br)cnn12)c1cccc(C(F)(F)F)c1. The Morgan fingerprint density at radius 1 is 1.06 bits per heavy atom. The van der Waals surface area contributed by atoms with Gasteiger partial charge in [-0.1, -0.05) is 18.2 Å². The summed E-state index contributed by atoms with van der Waals surface area (Å²) in [6.45, 7) is 0.316. The third kappa shape index (κ3) is 5.57. The molecule has 8 nitrogen and oxygen atoms in total. The number of benzene rings is 2. The summed E-state index contributed by atoms with van der Waals surface area (Å²) in [5, 5.41) is 17.6. The number of rotatable bonds is 8. The van der Waals surface area contributed by atoms with Crippen LogP contribution in [0.3, 0.4) is 0 Å². The van der Waals surface area contributed by atoms with Crippen LogP contribution in [0.1, 0.15) is 12.0 Å². The number of hydrogen-bond donors (Lipinski definition) is 3. The van der Waals surface area contributed by atoms with Gasteiger partial charge in [-0.2, -0.15) is 22.8 Å². The van der Waals surface area contributed by atoms with Crippen molar-refractivity contribution >= 4 is 37.4 Å². The van der Waals surface area contributed by atoms with Crippen molar-refractivity contribution in [2.45, 2.75) is 17.5 Å². The van der Waals surface area contributed by atoms with Crippen LogP contribution in [0.25, 0.3) is 16.9 Å². The van der Waals surface area contributed by atoms with Gasteiger partial charge in [0, 0.05) is 24.7 Å². The maximum absolute atomic E-state index is 12.9. The Morgan fingerprint density at radius 2 is 1.83 bits per heavy atom. The Balaban J connectivity index is 1.44. The number of sulfonamides is 1. The lowest BCUT2D eigenvalue weighted by molar-refractivity contribution is -0.137. The molecule has 0 fully saturated rings. The molecule has 4 rings (SSSR count). The number of hydrogen-bond acceptors (Lipinski definition) is 6. The molecule has 0 saturated carbocycles. The molecular formula is C22H19BrF3N5O3S. The molecule has 35 heavy (non-hydrogen) atoms. The van der Waals surface area contributed by atoms with Crippen molar-refractivity contribution in [2.24, 2.45) is 0 Å². The third-order valence-electron chi connectivity index (χ3n) is 5.03. The first kappa shape index (κ1) is 24.9. The minimum Gasteiger partial charge on any atom is -0.507 e. The van der Waals surface area contributed by atoms with Crippen LogP contribution < -0.4 is 10.0 Å². The zero-order valence-corrected chi connectivity index (χ0v) is 20.3. The fourth-order valence-electron chi connectivity index (χ4n) is 3.32. The molecule has 0 aliphatic heterocycles. The Labute approximate surface area is 207 Å². The fraction of sp³-hybridized carbons (Fsp3) is 0.182. The molecule has 2 aromatic heterocycles. The summed E-state index contributed by atoms with van der Waals surface area (Å²) in [4.78, 5) is 4.09. The van der Waals surface area contributed by atoms with Gasteiger partial charge in [0.15, 0.2) is 5.65 Å². The lowest BCUT2D eigenvalue weighted by Crippen LogP contribution is -2.26. The standard InChI is InChI=1S/C22H19BrF3N5O3S/c23-17-13-28-31-20(12-18(30-21(17)31)16-7-1-2-8-19(16)32)27-9-4-10-29-35(33,34)15-6-3-5-14(11-15)22(24,25)26/h1-3,5-8,11-13,27,29,32H,4,9-10H2. The highest BCUT2D eigenvalue weighted by Crippen LogP contribution is 2.32. The molecule has 4 aromatic rings. The Hall–Kier alpha value is -3.16. The second-order valence-electron chi connectivity index (χ2n) is 7.48. The molecule has 0 spiro atoms. The van der Waals surface area contributed by atoms with E-state index in [-0.39, 0.29) is 12.3 Å². The molecule has 2 aromatic carbocycles. The molecular weight excluding hydrogens is 551 g/mol. The number of aromatic hydroxyl groups is 1. The summed E-state index contributed by atoms with van der Waals surface area (Å²) in [6.07, 6.45) is -2.73. The number of para-hydroxylation sites is 1. The predicted octanol–water partition coefficient (Wildman–Crippen LogP) is 4.66. The molecule has 0 aliphatic carbocycles. The highest BCUT2D eigenvalue weighted by atomic mass is 79.9. The van der Waals surface area contributed by atoms with E-state index in [4.69, 9.17) is 0 Å². The van der Waals surface area contributed by atoms with Crippen LogP contribution >= 0.6 is 15.9 Å². The van der Waals surface area contributed by atoms with Gasteiger partial charge in [0.25, 0.3) is 0 Å². The van der Waals surface area contributed by atoms with Crippen molar-refractivity contribution in [3.8, 4) is 17.0 Å². The zero-order valence-electron chi connectivity index (χ0n) is 17.9. The number of phenolic OH excluding ortho intramolecular Hbond substituents is 1. The molecule has 13 heteroatoms. The van der Waals surface area contributed by atoms with Gasteiger partial charge < -0.3 is 10.4 Å². The number of nitrogens with one attached hydrogen (secondary N) is 2. The van der Waals surface area contributed by atoms with Gasteiger partial charge >= 0.3 is 6.18 Å². The maximum atomic E-state index is 12.9. The van der Waals surface area contributed by atoms with E-state index in [9.17, 15) is 26.7 Å². The molecule has 0 aliphatic rings. The molecule has 0 amide bonds. The third-order valence-corrected chi connectivity index (χ3v) is 7.05. The summed E-state index contributed by atoms with van der Waals surface area (Å²) in [5.74, 6) is 0.620. The molecule has 0 atom stereocenters. The summed E-state index contributed by atoms with van der Waals surface area (Å²) < 4.78 is 68.0. The van der Waals surface area contributed by atoms with Crippen LogP contribution in [0, 0.1) is 0 Å². The molecule has 0 bridgehead atoms. The highest BCUT2D eigenvalue weighted by molar-refractivity contribution is 9.10. The summed E-state index contributed by atoms with van der Waals surface area (Å²) >= 11 is 3.40. The Morgan fingerprint density at radius 3 is 2.57 bits per heavy atom. The van der Waals surface area contributed by atoms with Crippen molar-refractivity contribution in [3.05, 3.63) is 70.8 Å². The van der Waals surface area contributed by atoms with E-state index in [1.54, 1.807) is 41.0 Å². The monoisotopic (exact) mass is 569 g/mol. The van der Waals surface area contributed by atoms with Gasteiger partial charge in [0.2, 0.25) is 10.0 Å². The second kappa shape index (κ2) is 9.84. The topological polar surface area (TPSA) is 109 Å². The molecule has 0 saturated heterocycles. The van der Waals surface area contributed by atoms with Crippen molar-refractivity contribution < 1.29 is 26.7 Å². The number of aromatic nitrogens is 3. The van der Waals surface area contributed by atoms with Gasteiger partial charge in [-0.25, -0.2) is 18.1 Å². The summed E-state index contributed by atoms with van der Waals surface area (Å²) in [5.41, 5.74) is 0.512. The van der Waals surface area contributed by atoms with Gasteiger partial charge in [0.05, 0.1) is 26.8 Å². The number of alkyl halides is 3. The fourth-order valence-corrected chi connectivity index (χ4v) is 4.79. The van der Waals surface area contributed by atoms with E-state index in [2.05, 4.69) is 36.1 Å². The lowest BCUT2D eigenvalue weighted by Gasteiger charge is -2.12. The van der Waals surface area contributed by atoms with Crippen LogP contribution in [0.2, 0.25) is 0 Å². The second-order valence-corrected chi connectivity index (χ2v) is 10.1. The van der Waals surface area contributed by atoms with E-state index < -0.39 is 26.7 Å². The Kier molecular flexibility index (Phi) is 7.01. The first-order valence-electron chi connectivity index (χ1n) is 10.3. The first-order chi connectivity index (χ1) is 16.6. The van der Waals surface area contributed by atoms with E-state index in [0.29, 0.717) is 46.2 Å². The average Bonchev–Trinajstić information content (AvgIpc) is 3.19. The molecule has 2 heterocycles. The van der Waals surface area contributed by atoms with Crippen LogP contribution in [-0.2, 0) is 16.2 Å². The minimum atomic E-state index is -4.64. The van der Waals surface area contributed by atoms with Gasteiger partial charge in [0.1, 0.15) is 11.6 Å². The van der Waals surface area contributed by atoms with Gasteiger partial charge in [-0.05, 0) is 52.7 Å². The molecule has 184 valence electrons. The lowest BCUT2D eigenvalue weighted by atomic mass is 10.1. The molecule has 3 N–H and O–H groups in total. The van der Waals surface area contributed by atoms with Crippen molar-refractivity contribution in [1.29, 1.82) is 0 Å². The molecule has 0 radical (unpaired) electrons. The van der Waals surface area contributed by atoms with Crippen LogP contribution in [0.15, 0.2) is 70.2 Å². The smallest absolute Gasteiger partial charge is 0.416 e. The van der Waals surface area contributed by atoms with E-state index >= 15 is 0 Å². The average molecular weight is 570 g/mol. The largest absolute Gasteiger partial charge is 0.507 e. The number of halogens is 4. The molecule has 0 unspecified atom stereocenters. The summed E-state index contributed by atoms with van der Waals surface area (Å²) in [7, 11) is -4.11. The highest BCUT2D eigenvalue weighted by Gasteiger charge is 2.31. The van der Waals surface area contributed by atoms with Gasteiger partial charge in [-0.3, -0.25) is 0 Å². The number of nitrogens with zero attached hydrogens (tertiary/aromatic N) is 3. The normalized spacial score (nSPS) is 12.2. The maximum Gasteiger partial charge on any atom is 0.416 e. The van der Waals surface area contributed by atoms with Crippen molar-refractivity contribution in [3.63, 3.8) is 0 Å². The summed E-state index contributed by atoms with van der Waals surface area (Å²) in [6, 6.07) is 12.0. The van der Waals surface area contributed by atoms with Crippen LogP contribution in [0.5, 0.6) is 5.75 Å². The predicted molar refractivity (Wildman–Crippen MR) is 128 cm³/mol. The van der Waals surface area contributed by atoms with E-state index in [1.165, 1.54) is 0 Å². The van der Waals surface area contributed by atoms with Crippen molar-refractivity contribution in [2.75, 3.05) is 18.4 Å². The number of phenols is 1. The first-order valence-corrected chi connectivity index (χ1v) is 12.6. The number of fused-ring (bicyclic) bond motifs is 1. The zero-order chi connectivity index (χ0) is 25.2. The Bertz CT molecular complexity index is 1470. The number of anilines is 1. The van der Waals surface area contributed by atoms with Crippen molar-refractivity contribution in [1.82, 2.24) is 19.3 Å². The van der Waals surface area contributed by atoms with Crippen LogP contribution in [-0.4, -0.2) is 41.2 Å². The van der Waals surface area contributed by atoms with E-state index in [0.717, 1.165) is 18.2 Å². The quantitative estimate of drug-likeness (QED) is 0.266. The van der Waals surface area contributed by atoms with Gasteiger partial charge in [-0.15, -0.1) is 0 Å². The van der Waals surface area contributed by atoms with E-state index in [1.807, 2.05) is 0 Å². The minimum absolute atomic E-state index is 0.00502.